The number of sulfonamides is 1. The maximum Gasteiger partial charge on any atom is 0.274 e. The number of halogens is 2. The predicted molar refractivity (Wildman–Crippen MR) is 105 cm³/mol. The molecule has 4 rings (SSSR count). The standard InChI is InChI=1S/C20H14F2N4O3S/c21-14-9-10-18(23-13-14)26(19-11-12-24-25-19)30(27,28)17-8-4-7-16(20(17)22)29-15-5-2-1-3-6-15/h1-13H,(H,24,25). The van der Waals surface area contributed by atoms with Crippen LogP contribution in [0.2, 0.25) is 0 Å². The van der Waals surface area contributed by atoms with Crippen LogP contribution in [0, 0.1) is 11.6 Å². The topological polar surface area (TPSA) is 88.2 Å². The summed E-state index contributed by atoms with van der Waals surface area (Å²) >= 11 is 0. The summed E-state index contributed by atoms with van der Waals surface area (Å²) in [6, 6.07) is 15.8. The quantitative estimate of drug-likeness (QED) is 0.492. The second-order valence-electron chi connectivity index (χ2n) is 6.03. The van der Waals surface area contributed by atoms with Gasteiger partial charge in [-0.25, -0.2) is 26.5 Å². The molecule has 0 aliphatic carbocycles. The first kappa shape index (κ1) is 19.5. The minimum Gasteiger partial charge on any atom is -0.454 e. The third-order valence-corrected chi connectivity index (χ3v) is 5.78. The normalized spacial score (nSPS) is 11.3. The highest BCUT2D eigenvalue weighted by atomic mass is 32.2. The molecule has 0 saturated heterocycles. The van der Waals surface area contributed by atoms with Gasteiger partial charge in [0.25, 0.3) is 10.0 Å². The molecule has 2 heterocycles. The fourth-order valence-electron chi connectivity index (χ4n) is 2.71. The molecular formula is C20H14F2N4O3S. The maximum atomic E-state index is 15.2. The zero-order valence-corrected chi connectivity index (χ0v) is 16.1. The summed E-state index contributed by atoms with van der Waals surface area (Å²) in [5.74, 6) is -1.79. The van der Waals surface area contributed by atoms with E-state index in [1.165, 1.54) is 24.4 Å². The van der Waals surface area contributed by atoms with Crippen LogP contribution >= 0.6 is 0 Å². The molecule has 1 N–H and O–H groups in total. The molecule has 2 aromatic carbocycles. The van der Waals surface area contributed by atoms with Crippen molar-refractivity contribution in [2.75, 3.05) is 4.31 Å². The Morgan fingerprint density at radius 1 is 0.933 bits per heavy atom. The summed E-state index contributed by atoms with van der Waals surface area (Å²) in [5.41, 5.74) is 0. The Bertz CT molecular complexity index is 1250. The van der Waals surface area contributed by atoms with Crippen LogP contribution < -0.4 is 9.04 Å². The molecule has 152 valence electrons. The summed E-state index contributed by atoms with van der Waals surface area (Å²) < 4.78 is 61.5. The minimum atomic E-state index is -4.51. The molecule has 0 fully saturated rings. The number of hydrogen-bond acceptors (Lipinski definition) is 5. The second-order valence-corrected chi connectivity index (χ2v) is 7.78. The number of aromatic amines is 1. The number of pyridine rings is 1. The highest BCUT2D eigenvalue weighted by molar-refractivity contribution is 7.93. The van der Waals surface area contributed by atoms with E-state index in [2.05, 4.69) is 15.2 Å². The van der Waals surface area contributed by atoms with Crippen molar-refractivity contribution in [1.82, 2.24) is 15.2 Å². The SMILES string of the molecule is O=S(=O)(c1cccc(Oc2ccccc2)c1F)N(c1ccc(F)cn1)c1ccn[nH]1. The van der Waals surface area contributed by atoms with Gasteiger partial charge >= 0.3 is 0 Å². The number of benzene rings is 2. The molecule has 0 saturated carbocycles. The third kappa shape index (κ3) is 3.72. The minimum absolute atomic E-state index is 0.00267. The van der Waals surface area contributed by atoms with Crippen molar-refractivity contribution in [3.8, 4) is 11.5 Å². The largest absolute Gasteiger partial charge is 0.454 e. The van der Waals surface area contributed by atoms with Crippen molar-refractivity contribution >= 4 is 21.7 Å². The Labute approximate surface area is 170 Å². The van der Waals surface area contributed by atoms with Gasteiger partial charge in [-0.1, -0.05) is 24.3 Å². The molecule has 0 radical (unpaired) electrons. The van der Waals surface area contributed by atoms with Crippen LogP contribution in [-0.2, 0) is 10.0 Å². The number of ether oxygens (including phenoxy) is 1. The highest BCUT2D eigenvalue weighted by Crippen LogP contribution is 2.34. The van der Waals surface area contributed by atoms with Gasteiger partial charge in [-0.05, 0) is 36.4 Å². The van der Waals surface area contributed by atoms with Crippen LogP contribution in [0.15, 0.2) is 84.0 Å². The average molecular weight is 428 g/mol. The van der Waals surface area contributed by atoms with Gasteiger partial charge in [0.05, 0.1) is 12.4 Å². The van der Waals surface area contributed by atoms with E-state index < -0.39 is 26.6 Å². The van der Waals surface area contributed by atoms with Gasteiger partial charge in [-0.15, -0.1) is 0 Å². The molecule has 4 aromatic rings. The fraction of sp³-hybridized carbons (Fsp3) is 0. The molecule has 10 heteroatoms. The summed E-state index contributed by atoms with van der Waals surface area (Å²) in [5, 5.41) is 6.25. The lowest BCUT2D eigenvalue weighted by Gasteiger charge is -2.22. The van der Waals surface area contributed by atoms with E-state index in [-0.39, 0.29) is 17.4 Å². The summed E-state index contributed by atoms with van der Waals surface area (Å²) in [6.07, 6.45) is 2.19. The number of para-hydroxylation sites is 1. The Morgan fingerprint density at radius 3 is 2.40 bits per heavy atom. The predicted octanol–water partition coefficient (Wildman–Crippen LogP) is 4.40. The Balaban J connectivity index is 1.81. The molecule has 0 aliphatic rings. The molecule has 7 nitrogen and oxygen atoms in total. The third-order valence-electron chi connectivity index (χ3n) is 4.04. The van der Waals surface area contributed by atoms with Crippen LogP contribution in [0.4, 0.5) is 20.4 Å². The van der Waals surface area contributed by atoms with Gasteiger partial charge in [0, 0.05) is 6.07 Å². The summed E-state index contributed by atoms with van der Waals surface area (Å²) in [4.78, 5) is 3.17. The molecule has 2 aromatic heterocycles. The van der Waals surface area contributed by atoms with Gasteiger partial charge in [0.1, 0.15) is 28.1 Å². The molecule has 0 bridgehead atoms. The lowest BCUT2D eigenvalue weighted by Crippen LogP contribution is -2.28. The van der Waals surface area contributed by atoms with E-state index >= 15 is 4.39 Å². The van der Waals surface area contributed by atoms with E-state index in [1.807, 2.05) is 0 Å². The number of hydrogen-bond donors (Lipinski definition) is 1. The lowest BCUT2D eigenvalue weighted by atomic mass is 10.3. The molecular weight excluding hydrogens is 414 g/mol. The summed E-state index contributed by atoms with van der Waals surface area (Å²) in [7, 11) is -4.51. The zero-order valence-electron chi connectivity index (χ0n) is 15.2. The number of rotatable bonds is 6. The number of nitrogens with one attached hydrogen (secondary N) is 1. The van der Waals surface area contributed by atoms with Crippen LogP contribution in [-0.4, -0.2) is 23.6 Å². The summed E-state index contributed by atoms with van der Waals surface area (Å²) in [6.45, 7) is 0. The van der Waals surface area contributed by atoms with E-state index in [1.54, 1.807) is 30.3 Å². The highest BCUT2D eigenvalue weighted by Gasteiger charge is 2.32. The molecule has 0 amide bonds. The zero-order chi connectivity index (χ0) is 21.1. The second kappa shape index (κ2) is 7.91. The van der Waals surface area contributed by atoms with Crippen molar-refractivity contribution in [3.05, 3.63) is 90.8 Å². The van der Waals surface area contributed by atoms with E-state index in [0.29, 0.717) is 5.75 Å². The molecule has 0 unspecified atom stereocenters. The average Bonchev–Trinajstić information content (AvgIpc) is 3.26. The van der Waals surface area contributed by atoms with Gasteiger partial charge < -0.3 is 4.74 Å². The van der Waals surface area contributed by atoms with Gasteiger partial charge in [-0.2, -0.15) is 5.10 Å². The van der Waals surface area contributed by atoms with Crippen molar-refractivity contribution in [3.63, 3.8) is 0 Å². The van der Waals surface area contributed by atoms with Crippen molar-refractivity contribution in [2.45, 2.75) is 4.90 Å². The number of nitrogens with zero attached hydrogens (tertiary/aromatic N) is 3. The van der Waals surface area contributed by atoms with Crippen LogP contribution in [0.1, 0.15) is 0 Å². The van der Waals surface area contributed by atoms with Gasteiger partial charge in [-0.3, -0.25) is 5.10 Å². The first-order valence-electron chi connectivity index (χ1n) is 8.64. The molecule has 0 spiro atoms. The first-order chi connectivity index (χ1) is 14.5. The number of anilines is 2. The monoisotopic (exact) mass is 428 g/mol. The van der Waals surface area contributed by atoms with E-state index in [0.717, 1.165) is 28.7 Å². The van der Waals surface area contributed by atoms with Crippen molar-refractivity contribution in [2.24, 2.45) is 0 Å². The molecule has 0 atom stereocenters. The lowest BCUT2D eigenvalue weighted by molar-refractivity contribution is 0.432. The first-order valence-corrected chi connectivity index (χ1v) is 10.1. The van der Waals surface area contributed by atoms with Crippen molar-refractivity contribution in [1.29, 1.82) is 0 Å². The van der Waals surface area contributed by atoms with E-state index in [9.17, 15) is 12.8 Å². The van der Waals surface area contributed by atoms with E-state index in [4.69, 9.17) is 4.74 Å². The van der Waals surface area contributed by atoms with Gasteiger partial charge in [0.15, 0.2) is 11.6 Å². The Hall–Kier alpha value is -3.79. The number of H-pyrrole nitrogens is 1. The van der Waals surface area contributed by atoms with Crippen LogP contribution in [0.25, 0.3) is 0 Å². The smallest absolute Gasteiger partial charge is 0.274 e. The van der Waals surface area contributed by atoms with Crippen LogP contribution in [0.3, 0.4) is 0 Å². The fourth-order valence-corrected chi connectivity index (χ4v) is 4.20. The molecule has 0 aliphatic heterocycles. The van der Waals surface area contributed by atoms with Crippen LogP contribution in [0.5, 0.6) is 11.5 Å². The Kier molecular flexibility index (Phi) is 5.15. The van der Waals surface area contributed by atoms with Gasteiger partial charge in [0.2, 0.25) is 0 Å². The number of aromatic nitrogens is 3. The molecule has 30 heavy (non-hydrogen) atoms. The maximum absolute atomic E-state index is 15.2. The van der Waals surface area contributed by atoms with Crippen molar-refractivity contribution < 1.29 is 21.9 Å². The Morgan fingerprint density at radius 2 is 1.73 bits per heavy atom.